The van der Waals surface area contributed by atoms with Gasteiger partial charge < -0.3 is 30.5 Å². The van der Waals surface area contributed by atoms with Gasteiger partial charge in [-0.25, -0.2) is 0 Å². The molecule has 0 atom stereocenters. The van der Waals surface area contributed by atoms with E-state index in [2.05, 4.69) is 4.98 Å². The van der Waals surface area contributed by atoms with Crippen molar-refractivity contribution in [3.8, 4) is 0 Å². The molecule has 0 saturated carbocycles. The molecule has 1 heterocycles. The fourth-order valence-electron chi connectivity index (χ4n) is 3.18. The lowest BCUT2D eigenvalue weighted by Crippen LogP contribution is -2.49. The van der Waals surface area contributed by atoms with Gasteiger partial charge in [0.05, 0.1) is 6.54 Å². The van der Waals surface area contributed by atoms with Crippen molar-refractivity contribution in [2.24, 2.45) is 5.73 Å². The molecule has 0 fully saturated rings. The van der Waals surface area contributed by atoms with E-state index in [-0.39, 0.29) is 25.4 Å². The molecule has 4 N–H and O–H groups in total. The predicted octanol–water partition coefficient (Wildman–Crippen LogP) is -0.237. The van der Waals surface area contributed by atoms with E-state index in [1.165, 1.54) is 11.9 Å². The maximum atomic E-state index is 12.9. The minimum atomic E-state index is -1.22. The summed E-state index contributed by atoms with van der Waals surface area (Å²) in [6.45, 7) is -0.173. The van der Waals surface area contributed by atoms with Gasteiger partial charge in [0, 0.05) is 37.1 Å². The van der Waals surface area contributed by atoms with Gasteiger partial charge in [-0.3, -0.25) is 24.0 Å². The standard InChI is InChI=1S/C21H27N5O6/c1-3-18(28)25(9-14-8-23-16-7-5-4-6-15(14)16)12-20(30)26(10-17(22)27)11-19(29)24(2)13-21(31)32/h4-8,23H,3,9-13H2,1-2H3,(H2,22,27)(H,31,32). The van der Waals surface area contributed by atoms with Gasteiger partial charge in [0.1, 0.15) is 19.6 Å². The van der Waals surface area contributed by atoms with E-state index in [0.717, 1.165) is 26.3 Å². The first kappa shape index (κ1) is 24.4. The monoisotopic (exact) mass is 445 g/mol. The number of carboxylic acids is 1. The summed E-state index contributed by atoms with van der Waals surface area (Å²) in [6.07, 6.45) is 1.92. The highest BCUT2D eigenvalue weighted by Crippen LogP contribution is 2.19. The lowest BCUT2D eigenvalue weighted by atomic mass is 10.1. The van der Waals surface area contributed by atoms with E-state index in [1.807, 2.05) is 24.3 Å². The summed E-state index contributed by atoms with van der Waals surface area (Å²) in [6, 6.07) is 7.53. The molecular formula is C21H27N5O6. The van der Waals surface area contributed by atoms with E-state index < -0.39 is 43.3 Å². The second-order valence-corrected chi connectivity index (χ2v) is 7.32. The Labute approximate surface area is 184 Å². The predicted molar refractivity (Wildman–Crippen MR) is 115 cm³/mol. The van der Waals surface area contributed by atoms with Crippen LogP contribution in [-0.4, -0.2) is 87.6 Å². The van der Waals surface area contributed by atoms with Crippen molar-refractivity contribution in [1.29, 1.82) is 0 Å². The molecule has 0 saturated heterocycles. The Morgan fingerprint density at radius 2 is 1.59 bits per heavy atom. The van der Waals surface area contributed by atoms with Gasteiger partial charge in [-0.2, -0.15) is 0 Å². The third kappa shape index (κ3) is 6.56. The lowest BCUT2D eigenvalue weighted by molar-refractivity contribution is -0.147. The van der Waals surface area contributed by atoms with E-state index in [1.54, 1.807) is 13.1 Å². The summed E-state index contributed by atoms with van der Waals surface area (Å²) < 4.78 is 0. The lowest BCUT2D eigenvalue weighted by Gasteiger charge is -2.27. The molecule has 0 bridgehead atoms. The largest absolute Gasteiger partial charge is 0.480 e. The summed E-state index contributed by atoms with van der Waals surface area (Å²) >= 11 is 0. The number of primary amides is 1. The number of hydrogen-bond acceptors (Lipinski definition) is 5. The van der Waals surface area contributed by atoms with E-state index >= 15 is 0 Å². The first-order valence-electron chi connectivity index (χ1n) is 9.97. The Bertz CT molecular complexity index is 1020. The van der Waals surface area contributed by atoms with Gasteiger partial charge in [-0.05, 0) is 11.6 Å². The molecule has 0 aliphatic carbocycles. The van der Waals surface area contributed by atoms with Crippen LogP contribution in [0.2, 0.25) is 0 Å². The van der Waals surface area contributed by atoms with Crippen molar-refractivity contribution in [3.63, 3.8) is 0 Å². The van der Waals surface area contributed by atoms with Gasteiger partial charge in [0.25, 0.3) is 0 Å². The molecule has 0 aliphatic rings. The summed E-state index contributed by atoms with van der Waals surface area (Å²) in [5, 5.41) is 9.74. The Kier molecular flexibility index (Phi) is 8.33. The number of nitrogens with one attached hydrogen (secondary N) is 1. The SMILES string of the molecule is CCC(=O)N(CC(=O)N(CC(N)=O)CC(=O)N(C)CC(=O)O)Cc1c[nH]c2ccccc12. The molecule has 11 heteroatoms. The number of fused-ring (bicyclic) bond motifs is 1. The molecule has 0 aliphatic heterocycles. The quantitative estimate of drug-likeness (QED) is 0.433. The van der Waals surface area contributed by atoms with Crippen LogP contribution in [-0.2, 0) is 30.5 Å². The number of aromatic amines is 1. The number of carbonyl (C=O) groups excluding carboxylic acids is 4. The summed E-state index contributed by atoms with van der Waals surface area (Å²) in [7, 11) is 1.27. The van der Waals surface area contributed by atoms with Crippen LogP contribution >= 0.6 is 0 Å². The molecule has 172 valence electrons. The Morgan fingerprint density at radius 1 is 0.938 bits per heavy atom. The van der Waals surface area contributed by atoms with Crippen molar-refractivity contribution >= 4 is 40.5 Å². The number of para-hydroxylation sites is 1. The zero-order valence-electron chi connectivity index (χ0n) is 18.0. The van der Waals surface area contributed by atoms with Crippen LogP contribution in [0.15, 0.2) is 30.5 Å². The highest BCUT2D eigenvalue weighted by Gasteiger charge is 2.25. The number of aliphatic carboxylic acids is 1. The number of H-pyrrole nitrogens is 1. The first-order valence-corrected chi connectivity index (χ1v) is 9.97. The van der Waals surface area contributed by atoms with Crippen LogP contribution in [0, 0.1) is 0 Å². The number of carbonyl (C=O) groups is 5. The van der Waals surface area contributed by atoms with Gasteiger partial charge >= 0.3 is 5.97 Å². The zero-order valence-corrected chi connectivity index (χ0v) is 18.0. The van der Waals surface area contributed by atoms with Gasteiger partial charge in [-0.15, -0.1) is 0 Å². The highest BCUT2D eigenvalue weighted by atomic mass is 16.4. The maximum Gasteiger partial charge on any atom is 0.323 e. The third-order valence-electron chi connectivity index (χ3n) is 4.84. The molecule has 2 rings (SSSR count). The number of aromatic nitrogens is 1. The highest BCUT2D eigenvalue weighted by molar-refractivity contribution is 5.92. The molecule has 0 unspecified atom stereocenters. The second-order valence-electron chi connectivity index (χ2n) is 7.32. The van der Waals surface area contributed by atoms with Crippen LogP contribution in [0.1, 0.15) is 18.9 Å². The maximum absolute atomic E-state index is 12.9. The first-order chi connectivity index (χ1) is 15.1. The number of amides is 4. The van der Waals surface area contributed by atoms with Crippen LogP contribution in [0.4, 0.5) is 0 Å². The summed E-state index contributed by atoms with van der Waals surface area (Å²) in [4.78, 5) is 66.3. The minimum Gasteiger partial charge on any atom is -0.480 e. The molecule has 11 nitrogen and oxygen atoms in total. The van der Waals surface area contributed by atoms with Crippen LogP contribution in [0.5, 0.6) is 0 Å². The molecule has 2 aromatic rings. The molecule has 1 aromatic heterocycles. The van der Waals surface area contributed by atoms with Gasteiger partial charge in [0.2, 0.25) is 23.6 Å². The Balaban J connectivity index is 2.18. The van der Waals surface area contributed by atoms with Crippen molar-refractivity contribution in [2.45, 2.75) is 19.9 Å². The summed E-state index contributed by atoms with van der Waals surface area (Å²) in [5.74, 6) is -3.66. The topological polar surface area (TPSA) is 157 Å². The van der Waals surface area contributed by atoms with Gasteiger partial charge in [-0.1, -0.05) is 25.1 Å². The summed E-state index contributed by atoms with van der Waals surface area (Å²) in [5.41, 5.74) is 6.92. The van der Waals surface area contributed by atoms with Crippen molar-refractivity contribution in [1.82, 2.24) is 19.7 Å². The average molecular weight is 445 g/mol. The van der Waals surface area contributed by atoms with Gasteiger partial charge in [0.15, 0.2) is 0 Å². The van der Waals surface area contributed by atoms with Crippen LogP contribution in [0.25, 0.3) is 10.9 Å². The minimum absolute atomic E-state index is 0.152. The normalized spacial score (nSPS) is 10.6. The van der Waals surface area contributed by atoms with E-state index in [4.69, 9.17) is 10.8 Å². The zero-order chi connectivity index (χ0) is 23.8. The van der Waals surface area contributed by atoms with E-state index in [9.17, 15) is 24.0 Å². The molecule has 1 aromatic carbocycles. The fraction of sp³-hybridized carbons (Fsp3) is 0.381. The Morgan fingerprint density at radius 3 is 2.22 bits per heavy atom. The molecule has 4 amide bonds. The Hall–Kier alpha value is -3.89. The molecule has 0 radical (unpaired) electrons. The number of likely N-dealkylation sites (N-methyl/N-ethyl adjacent to an activating group) is 1. The average Bonchev–Trinajstić information content (AvgIpc) is 3.14. The van der Waals surface area contributed by atoms with Crippen LogP contribution < -0.4 is 5.73 Å². The number of benzene rings is 1. The van der Waals surface area contributed by atoms with Crippen LogP contribution in [0.3, 0.4) is 0 Å². The third-order valence-corrected chi connectivity index (χ3v) is 4.84. The number of rotatable bonds is 11. The molecular weight excluding hydrogens is 418 g/mol. The fourth-order valence-corrected chi connectivity index (χ4v) is 3.18. The van der Waals surface area contributed by atoms with Crippen molar-refractivity contribution in [3.05, 3.63) is 36.0 Å². The number of nitrogens with zero attached hydrogens (tertiary/aromatic N) is 3. The van der Waals surface area contributed by atoms with E-state index in [0.29, 0.717) is 0 Å². The van der Waals surface area contributed by atoms with Crippen molar-refractivity contribution in [2.75, 3.05) is 33.2 Å². The molecule has 32 heavy (non-hydrogen) atoms. The second kappa shape index (κ2) is 10.9. The number of carboxylic acid groups (broad SMARTS) is 1. The smallest absolute Gasteiger partial charge is 0.323 e. The molecule has 0 spiro atoms. The van der Waals surface area contributed by atoms with Crippen molar-refractivity contribution < 1.29 is 29.1 Å². The number of hydrogen-bond donors (Lipinski definition) is 3. The number of nitrogens with two attached hydrogens (primary N) is 1.